The van der Waals surface area contributed by atoms with Gasteiger partial charge in [-0.15, -0.1) is 0 Å². The normalized spacial score (nSPS) is 15.8. The van der Waals surface area contributed by atoms with Crippen LogP contribution in [0.15, 0.2) is 30.3 Å². The van der Waals surface area contributed by atoms with Crippen LogP contribution < -0.4 is 16.0 Å². The highest BCUT2D eigenvalue weighted by molar-refractivity contribution is 6.36. The molecule has 0 radical (unpaired) electrons. The molecule has 0 fully saturated rings. The first-order chi connectivity index (χ1) is 11.8. The first kappa shape index (κ1) is 17.6. The molecule has 0 aliphatic carbocycles. The zero-order valence-electron chi connectivity index (χ0n) is 13.7. The summed E-state index contributed by atoms with van der Waals surface area (Å²) in [5, 5.41) is 9.50. The average Bonchev–Trinajstić information content (AvgIpc) is 2.53. The number of fused-ring (bicyclic) bond motifs is 1. The molecule has 1 aliphatic rings. The second kappa shape index (κ2) is 6.94. The van der Waals surface area contributed by atoms with Gasteiger partial charge in [-0.3, -0.25) is 9.59 Å². The molecule has 1 aliphatic heterocycles. The molecule has 0 unspecified atom stereocenters. The largest absolute Gasteiger partial charge is 0.372 e. The van der Waals surface area contributed by atoms with E-state index < -0.39 is 6.04 Å². The predicted octanol–water partition coefficient (Wildman–Crippen LogP) is 4.37. The first-order valence-corrected chi connectivity index (χ1v) is 8.52. The maximum Gasteiger partial charge on any atom is 0.247 e. The monoisotopic (exact) mass is 377 g/mol. The van der Waals surface area contributed by atoms with Crippen molar-refractivity contribution >= 4 is 52.1 Å². The summed E-state index contributed by atoms with van der Waals surface area (Å²) in [7, 11) is 0. The molecule has 1 atom stereocenters. The van der Waals surface area contributed by atoms with Crippen LogP contribution in [0.25, 0.3) is 0 Å². The Bertz CT molecular complexity index is 868. The van der Waals surface area contributed by atoms with Gasteiger partial charge in [-0.1, -0.05) is 23.2 Å². The number of nitrogens with one attached hydrogen (secondary N) is 3. The molecular weight excluding hydrogens is 361 g/mol. The van der Waals surface area contributed by atoms with E-state index in [1.807, 2.05) is 26.0 Å². The molecule has 130 valence electrons. The van der Waals surface area contributed by atoms with E-state index in [0.717, 1.165) is 22.5 Å². The summed E-state index contributed by atoms with van der Waals surface area (Å²) in [6.45, 7) is 3.98. The average molecular weight is 378 g/mol. The maximum absolute atomic E-state index is 12.3. The second-order valence-corrected chi connectivity index (χ2v) is 6.89. The molecule has 3 rings (SSSR count). The lowest BCUT2D eigenvalue weighted by atomic mass is 10.0. The van der Waals surface area contributed by atoms with Crippen LogP contribution in [0, 0.1) is 13.8 Å². The van der Waals surface area contributed by atoms with Crippen molar-refractivity contribution in [1.82, 2.24) is 0 Å². The van der Waals surface area contributed by atoms with Crippen molar-refractivity contribution < 1.29 is 9.59 Å². The number of hydrogen-bond acceptors (Lipinski definition) is 3. The van der Waals surface area contributed by atoms with Crippen LogP contribution >= 0.6 is 23.2 Å². The van der Waals surface area contributed by atoms with Crippen molar-refractivity contribution in [1.29, 1.82) is 0 Å². The molecule has 3 N–H and O–H groups in total. The van der Waals surface area contributed by atoms with Crippen LogP contribution in [0.4, 0.5) is 17.1 Å². The number of carbonyl (C=O) groups excluding carboxylic acids is 2. The third kappa shape index (κ3) is 3.89. The highest BCUT2D eigenvalue weighted by Crippen LogP contribution is 2.31. The van der Waals surface area contributed by atoms with Crippen LogP contribution in [0.3, 0.4) is 0 Å². The lowest BCUT2D eigenvalue weighted by molar-refractivity contribution is -0.122. The zero-order chi connectivity index (χ0) is 18.1. The van der Waals surface area contributed by atoms with Crippen molar-refractivity contribution in [3.8, 4) is 0 Å². The van der Waals surface area contributed by atoms with Crippen molar-refractivity contribution in [2.24, 2.45) is 0 Å². The van der Waals surface area contributed by atoms with E-state index in [1.165, 1.54) is 0 Å². The number of rotatable bonds is 3. The molecule has 25 heavy (non-hydrogen) atoms. The molecule has 2 aromatic carbocycles. The van der Waals surface area contributed by atoms with Gasteiger partial charge < -0.3 is 16.0 Å². The molecule has 0 saturated carbocycles. The summed E-state index contributed by atoms with van der Waals surface area (Å²) in [6.07, 6.45) is -0.0167. The van der Waals surface area contributed by atoms with Crippen molar-refractivity contribution in [2.75, 3.05) is 16.0 Å². The van der Waals surface area contributed by atoms with Gasteiger partial charge in [0, 0.05) is 5.02 Å². The van der Waals surface area contributed by atoms with Gasteiger partial charge in [0.25, 0.3) is 0 Å². The second-order valence-electron chi connectivity index (χ2n) is 6.04. The van der Waals surface area contributed by atoms with Gasteiger partial charge in [-0.05, 0) is 55.3 Å². The minimum atomic E-state index is -0.652. The fourth-order valence-electron chi connectivity index (χ4n) is 2.63. The lowest BCUT2D eigenvalue weighted by Gasteiger charge is -2.27. The summed E-state index contributed by atoms with van der Waals surface area (Å²) >= 11 is 11.9. The SMILES string of the molecule is Cc1cc2c(cc1C)N[C@H](CC(=O)Nc1ccc(Cl)cc1Cl)C(=O)N2. The van der Waals surface area contributed by atoms with Gasteiger partial charge in [0.15, 0.2) is 0 Å². The third-order valence-corrected chi connectivity index (χ3v) is 4.68. The lowest BCUT2D eigenvalue weighted by Crippen LogP contribution is -2.41. The number of anilines is 3. The number of benzene rings is 2. The van der Waals surface area contributed by atoms with Gasteiger partial charge in [0.1, 0.15) is 6.04 Å². The van der Waals surface area contributed by atoms with Crippen LogP contribution in [0.5, 0.6) is 0 Å². The molecule has 0 bridgehead atoms. The summed E-state index contributed by atoms with van der Waals surface area (Å²) in [5.74, 6) is -0.558. The van der Waals surface area contributed by atoms with E-state index >= 15 is 0 Å². The summed E-state index contributed by atoms with van der Waals surface area (Å²) in [5.41, 5.74) is 4.20. The minimum absolute atomic E-state index is 0.0167. The van der Waals surface area contributed by atoms with Crippen molar-refractivity contribution in [3.05, 3.63) is 51.5 Å². The van der Waals surface area contributed by atoms with Gasteiger partial charge in [0.2, 0.25) is 11.8 Å². The Morgan fingerprint density at radius 2 is 1.80 bits per heavy atom. The van der Waals surface area contributed by atoms with Gasteiger partial charge in [0.05, 0.1) is 28.5 Å². The minimum Gasteiger partial charge on any atom is -0.372 e. The Morgan fingerprint density at radius 1 is 1.12 bits per heavy atom. The number of amides is 2. The Kier molecular flexibility index (Phi) is 4.88. The fraction of sp³-hybridized carbons (Fsp3) is 0.222. The third-order valence-electron chi connectivity index (χ3n) is 4.13. The number of aryl methyl sites for hydroxylation is 2. The molecule has 7 heteroatoms. The molecule has 0 aromatic heterocycles. The van der Waals surface area contributed by atoms with E-state index in [2.05, 4.69) is 16.0 Å². The van der Waals surface area contributed by atoms with Crippen LogP contribution in [-0.2, 0) is 9.59 Å². The highest BCUT2D eigenvalue weighted by Gasteiger charge is 2.28. The first-order valence-electron chi connectivity index (χ1n) is 7.77. The molecule has 1 heterocycles. The number of hydrogen-bond donors (Lipinski definition) is 3. The van der Waals surface area contributed by atoms with Gasteiger partial charge in [-0.25, -0.2) is 0 Å². The summed E-state index contributed by atoms with van der Waals surface area (Å²) in [4.78, 5) is 24.5. The Balaban J connectivity index is 1.71. The number of carbonyl (C=O) groups is 2. The molecule has 5 nitrogen and oxygen atoms in total. The quantitative estimate of drug-likeness (QED) is 0.743. The topological polar surface area (TPSA) is 70.2 Å². The molecular formula is C18H17Cl2N3O2. The van der Waals surface area contributed by atoms with Gasteiger partial charge >= 0.3 is 0 Å². The highest BCUT2D eigenvalue weighted by atomic mass is 35.5. The van der Waals surface area contributed by atoms with E-state index in [9.17, 15) is 9.59 Å². The Hall–Kier alpha value is -2.24. The van der Waals surface area contributed by atoms with Crippen molar-refractivity contribution in [3.63, 3.8) is 0 Å². The zero-order valence-corrected chi connectivity index (χ0v) is 15.3. The van der Waals surface area contributed by atoms with E-state index in [4.69, 9.17) is 23.2 Å². The van der Waals surface area contributed by atoms with E-state index in [-0.39, 0.29) is 18.2 Å². The Morgan fingerprint density at radius 3 is 2.48 bits per heavy atom. The van der Waals surface area contributed by atoms with Crippen LogP contribution in [0.1, 0.15) is 17.5 Å². The molecule has 0 spiro atoms. The fourth-order valence-corrected chi connectivity index (χ4v) is 3.09. The van der Waals surface area contributed by atoms with Crippen LogP contribution in [-0.4, -0.2) is 17.9 Å². The maximum atomic E-state index is 12.3. The molecule has 2 amide bonds. The number of halogens is 2. The van der Waals surface area contributed by atoms with E-state index in [0.29, 0.717) is 15.7 Å². The van der Waals surface area contributed by atoms with Crippen LogP contribution in [0.2, 0.25) is 10.0 Å². The molecule has 0 saturated heterocycles. The van der Waals surface area contributed by atoms with Crippen molar-refractivity contribution in [2.45, 2.75) is 26.3 Å². The van der Waals surface area contributed by atoms with Gasteiger partial charge in [-0.2, -0.15) is 0 Å². The van der Waals surface area contributed by atoms with E-state index in [1.54, 1.807) is 18.2 Å². The predicted molar refractivity (Wildman–Crippen MR) is 102 cm³/mol. The standard InChI is InChI=1S/C18H17Cl2N3O2/c1-9-5-14-15(6-10(9)2)23-18(25)16(21-14)8-17(24)22-13-4-3-11(19)7-12(13)20/h3-7,16,21H,8H2,1-2H3,(H,22,24)(H,23,25)/t16-/m1/s1. The Labute approximate surface area is 155 Å². The smallest absolute Gasteiger partial charge is 0.247 e. The summed E-state index contributed by atoms with van der Waals surface area (Å²) < 4.78 is 0. The molecule has 2 aromatic rings. The summed E-state index contributed by atoms with van der Waals surface area (Å²) in [6, 6.07) is 8.03.